The highest BCUT2D eigenvalue weighted by molar-refractivity contribution is 5.71. The Hall–Kier alpha value is -1.55. The minimum absolute atomic E-state index is 0.178. The van der Waals surface area contributed by atoms with E-state index in [1.165, 1.54) is 0 Å². The van der Waals surface area contributed by atoms with Gasteiger partial charge >= 0.3 is 5.97 Å². The standard InChI is InChI=1S/C14H19NO3/c1-9-7-15(8-13(9)14(17)18)10(2)11-3-5-12(16)6-4-11/h3-6,9-10,13,16H,7-8H2,1-2H3,(H,17,18). The molecule has 1 aliphatic rings. The summed E-state index contributed by atoms with van der Waals surface area (Å²) in [5.41, 5.74) is 1.10. The fourth-order valence-corrected chi connectivity index (χ4v) is 2.61. The lowest BCUT2D eigenvalue weighted by molar-refractivity contribution is -0.142. The van der Waals surface area contributed by atoms with Crippen LogP contribution in [0.3, 0.4) is 0 Å². The van der Waals surface area contributed by atoms with Crippen LogP contribution in [0.5, 0.6) is 5.75 Å². The first-order chi connectivity index (χ1) is 8.49. The average molecular weight is 249 g/mol. The Kier molecular flexibility index (Phi) is 3.57. The van der Waals surface area contributed by atoms with Gasteiger partial charge in [0.05, 0.1) is 5.92 Å². The molecule has 0 bridgehead atoms. The van der Waals surface area contributed by atoms with Gasteiger partial charge in [-0.1, -0.05) is 19.1 Å². The molecule has 1 saturated heterocycles. The SMILES string of the molecule is CC1CN(C(C)c2ccc(O)cc2)CC1C(=O)O. The van der Waals surface area contributed by atoms with Gasteiger partial charge in [0.1, 0.15) is 5.75 Å². The second-order valence-corrected chi connectivity index (χ2v) is 5.14. The van der Waals surface area contributed by atoms with Gasteiger partial charge in [0.15, 0.2) is 0 Å². The van der Waals surface area contributed by atoms with Crippen LogP contribution in [0.1, 0.15) is 25.5 Å². The Labute approximate surface area is 107 Å². The molecule has 0 aliphatic carbocycles. The van der Waals surface area contributed by atoms with Crippen LogP contribution in [0.2, 0.25) is 0 Å². The molecule has 2 rings (SSSR count). The van der Waals surface area contributed by atoms with Crippen molar-refractivity contribution in [2.45, 2.75) is 19.9 Å². The molecule has 0 aromatic heterocycles. The van der Waals surface area contributed by atoms with E-state index in [9.17, 15) is 9.90 Å². The number of hydrogen-bond donors (Lipinski definition) is 2. The number of aliphatic carboxylic acids is 1. The fraction of sp³-hybridized carbons (Fsp3) is 0.500. The van der Waals surface area contributed by atoms with Crippen LogP contribution in [0.25, 0.3) is 0 Å². The number of hydrogen-bond acceptors (Lipinski definition) is 3. The summed E-state index contributed by atoms with van der Waals surface area (Å²) in [6.45, 7) is 5.46. The van der Waals surface area contributed by atoms with E-state index in [-0.39, 0.29) is 23.6 Å². The van der Waals surface area contributed by atoms with E-state index >= 15 is 0 Å². The lowest BCUT2D eigenvalue weighted by Gasteiger charge is -2.24. The number of benzene rings is 1. The molecule has 1 heterocycles. The van der Waals surface area contributed by atoms with Gasteiger partial charge in [-0.3, -0.25) is 9.69 Å². The third kappa shape index (κ3) is 2.48. The zero-order valence-electron chi connectivity index (χ0n) is 10.7. The van der Waals surface area contributed by atoms with Crippen molar-refractivity contribution in [3.05, 3.63) is 29.8 Å². The van der Waals surface area contributed by atoms with Gasteiger partial charge in [0, 0.05) is 19.1 Å². The molecule has 0 amide bonds. The van der Waals surface area contributed by atoms with E-state index in [0.717, 1.165) is 12.1 Å². The quantitative estimate of drug-likeness (QED) is 0.861. The largest absolute Gasteiger partial charge is 0.508 e. The van der Waals surface area contributed by atoms with Crippen LogP contribution in [0.15, 0.2) is 24.3 Å². The number of carboxylic acid groups (broad SMARTS) is 1. The predicted octanol–water partition coefficient (Wildman–Crippen LogP) is 2.11. The maximum absolute atomic E-state index is 11.1. The van der Waals surface area contributed by atoms with Crippen LogP contribution in [-0.2, 0) is 4.79 Å². The second-order valence-electron chi connectivity index (χ2n) is 5.14. The molecule has 1 aromatic rings. The summed E-state index contributed by atoms with van der Waals surface area (Å²) in [6, 6.07) is 7.29. The fourth-order valence-electron chi connectivity index (χ4n) is 2.61. The highest BCUT2D eigenvalue weighted by atomic mass is 16.4. The van der Waals surface area contributed by atoms with Crippen LogP contribution in [0, 0.1) is 11.8 Å². The first-order valence-corrected chi connectivity index (χ1v) is 6.25. The lowest BCUT2D eigenvalue weighted by atomic mass is 9.99. The summed E-state index contributed by atoms with van der Waals surface area (Å²) in [5, 5.41) is 18.4. The average Bonchev–Trinajstić information content (AvgIpc) is 2.71. The highest BCUT2D eigenvalue weighted by Gasteiger charge is 2.36. The smallest absolute Gasteiger partial charge is 0.308 e. The zero-order chi connectivity index (χ0) is 13.3. The topological polar surface area (TPSA) is 60.8 Å². The molecule has 3 atom stereocenters. The van der Waals surface area contributed by atoms with Crippen LogP contribution < -0.4 is 0 Å². The third-order valence-corrected chi connectivity index (χ3v) is 3.88. The molecule has 4 nitrogen and oxygen atoms in total. The van der Waals surface area contributed by atoms with Crippen LogP contribution >= 0.6 is 0 Å². The molecule has 1 aromatic carbocycles. The van der Waals surface area contributed by atoms with Gasteiger partial charge in [0.2, 0.25) is 0 Å². The van der Waals surface area contributed by atoms with E-state index in [2.05, 4.69) is 11.8 Å². The van der Waals surface area contributed by atoms with Crippen molar-refractivity contribution in [1.29, 1.82) is 0 Å². The molecule has 0 spiro atoms. The number of rotatable bonds is 3. The normalized spacial score (nSPS) is 26.1. The third-order valence-electron chi connectivity index (χ3n) is 3.88. The van der Waals surface area contributed by atoms with Crippen molar-refractivity contribution >= 4 is 5.97 Å². The Morgan fingerprint density at radius 3 is 2.44 bits per heavy atom. The molecule has 1 aliphatic heterocycles. The monoisotopic (exact) mass is 249 g/mol. The molecular formula is C14H19NO3. The first kappa shape index (κ1) is 12.9. The summed E-state index contributed by atoms with van der Waals surface area (Å²) < 4.78 is 0. The zero-order valence-corrected chi connectivity index (χ0v) is 10.7. The lowest BCUT2D eigenvalue weighted by Crippen LogP contribution is -2.26. The van der Waals surface area contributed by atoms with Gasteiger partial charge in [0.25, 0.3) is 0 Å². The molecule has 2 N–H and O–H groups in total. The Bertz CT molecular complexity index is 429. The number of likely N-dealkylation sites (tertiary alicyclic amines) is 1. The molecule has 3 unspecified atom stereocenters. The van der Waals surface area contributed by atoms with Crippen molar-refractivity contribution in [1.82, 2.24) is 4.90 Å². The number of phenolic OH excluding ortho intramolecular Hbond substituents is 1. The van der Waals surface area contributed by atoms with Crippen LogP contribution in [0.4, 0.5) is 0 Å². The summed E-state index contributed by atoms with van der Waals surface area (Å²) in [5.74, 6) is -0.543. The minimum Gasteiger partial charge on any atom is -0.508 e. The number of phenols is 1. The van der Waals surface area contributed by atoms with Crippen LogP contribution in [-0.4, -0.2) is 34.2 Å². The first-order valence-electron chi connectivity index (χ1n) is 6.25. The van der Waals surface area contributed by atoms with Gasteiger partial charge < -0.3 is 10.2 Å². The van der Waals surface area contributed by atoms with E-state index in [1.807, 2.05) is 19.1 Å². The summed E-state index contributed by atoms with van der Waals surface area (Å²) >= 11 is 0. The molecule has 98 valence electrons. The van der Waals surface area contributed by atoms with E-state index in [4.69, 9.17) is 5.11 Å². The predicted molar refractivity (Wildman–Crippen MR) is 68.4 cm³/mol. The van der Waals surface area contributed by atoms with Crippen molar-refractivity contribution in [2.75, 3.05) is 13.1 Å². The van der Waals surface area contributed by atoms with Gasteiger partial charge in [-0.05, 0) is 30.5 Å². The summed E-state index contributed by atoms with van der Waals surface area (Å²) in [4.78, 5) is 13.3. The molecule has 0 saturated carbocycles. The molecule has 4 heteroatoms. The summed E-state index contributed by atoms with van der Waals surface area (Å²) in [6.07, 6.45) is 0. The van der Waals surface area contributed by atoms with Crippen molar-refractivity contribution in [3.8, 4) is 5.75 Å². The van der Waals surface area contributed by atoms with E-state index < -0.39 is 5.97 Å². The van der Waals surface area contributed by atoms with Gasteiger partial charge in [-0.15, -0.1) is 0 Å². The van der Waals surface area contributed by atoms with E-state index in [0.29, 0.717) is 6.54 Å². The Morgan fingerprint density at radius 2 is 1.94 bits per heavy atom. The van der Waals surface area contributed by atoms with Crippen molar-refractivity contribution in [2.24, 2.45) is 11.8 Å². The van der Waals surface area contributed by atoms with Gasteiger partial charge in [-0.25, -0.2) is 0 Å². The van der Waals surface area contributed by atoms with Gasteiger partial charge in [-0.2, -0.15) is 0 Å². The second kappa shape index (κ2) is 4.98. The molecular weight excluding hydrogens is 230 g/mol. The number of carboxylic acids is 1. The molecule has 0 radical (unpaired) electrons. The highest BCUT2D eigenvalue weighted by Crippen LogP contribution is 2.31. The number of nitrogens with zero attached hydrogens (tertiary/aromatic N) is 1. The maximum atomic E-state index is 11.1. The Morgan fingerprint density at radius 1 is 1.33 bits per heavy atom. The van der Waals surface area contributed by atoms with Crippen molar-refractivity contribution in [3.63, 3.8) is 0 Å². The maximum Gasteiger partial charge on any atom is 0.308 e. The van der Waals surface area contributed by atoms with E-state index in [1.54, 1.807) is 12.1 Å². The summed E-state index contributed by atoms with van der Waals surface area (Å²) in [7, 11) is 0. The van der Waals surface area contributed by atoms with Crippen molar-refractivity contribution < 1.29 is 15.0 Å². The number of carbonyl (C=O) groups is 1. The molecule has 1 fully saturated rings. The Balaban J connectivity index is 2.09. The number of aromatic hydroxyl groups is 1. The molecule has 18 heavy (non-hydrogen) atoms. The minimum atomic E-state index is -0.706.